The molecular weight excluding hydrogens is 1280 g/mol. The maximum Gasteiger partial charge on any atom is 0.325 e. The molecule has 0 heterocycles. The van der Waals surface area contributed by atoms with Crippen LogP contribution < -0.4 is 37.6 Å². The molecule has 0 spiro atoms. The summed E-state index contributed by atoms with van der Waals surface area (Å²) >= 11 is 0. The van der Waals surface area contributed by atoms with E-state index in [1.54, 1.807) is 6.92 Å². The van der Waals surface area contributed by atoms with E-state index in [0.29, 0.717) is 21.2 Å². The van der Waals surface area contributed by atoms with E-state index in [-0.39, 0.29) is 38.1 Å². The Morgan fingerprint density at radius 2 is 0.438 bits per heavy atom. The van der Waals surface area contributed by atoms with E-state index in [1.807, 2.05) is 0 Å². The minimum Gasteiger partial charge on any atom is -0.468 e. The topological polar surface area (TPSA) is 536 Å². The van der Waals surface area contributed by atoms with Gasteiger partial charge in [0.15, 0.2) is 28.9 Å². The second kappa shape index (κ2) is 48.3. The number of esters is 5. The van der Waals surface area contributed by atoms with Crippen LogP contribution in [0.5, 0.6) is 0 Å². The number of ether oxygens (including phenoxy) is 5. The lowest BCUT2D eigenvalue weighted by atomic mass is 10.2. The van der Waals surface area contributed by atoms with Gasteiger partial charge in [-0.25, -0.2) is 0 Å². The van der Waals surface area contributed by atoms with E-state index in [1.165, 1.54) is 0 Å². The third kappa shape index (κ3) is 39.8. The van der Waals surface area contributed by atoms with Gasteiger partial charge < -0.3 is 85.8 Å². The molecule has 11 amide bonds. The highest BCUT2D eigenvalue weighted by atomic mass is 16.5. The molecule has 0 aromatic heterocycles. The van der Waals surface area contributed by atoms with Crippen molar-refractivity contribution in [1.82, 2.24) is 56.4 Å². The standard InChI is InChI=1S/C57H84N12O27/c1-7-59-42(76)14-8-37(71)21-60-43(77)27-66(32-54(88)93-3)49(83)16-10-39(73)23-62-45(79)29-68(34-56(90)95-5)51(85)18-12-41(75)25-64-47(81)30-69(35-57(91)96-6)52(86)19-13-40(74)24-63-46(80)28-67(33-55(89)94-4)50(84)17-11-38(72)22-61-44(78)26-65(31-53(87)92-2)48(82)15-9-36(70)20-58/h7-35,58H2,1-6H3,(H,59,76)(H,60,77)(H,61,78)(H,62,79)(H,63,80)(H,64,81). The first-order chi connectivity index (χ1) is 45.3. The van der Waals surface area contributed by atoms with E-state index in [4.69, 9.17) is 5.73 Å². The van der Waals surface area contributed by atoms with Crippen LogP contribution in [0.25, 0.3) is 0 Å². The predicted molar refractivity (Wildman–Crippen MR) is 321 cm³/mol. The molecule has 534 valence electrons. The number of amides is 11. The number of carbonyl (C=O) groups is 22. The maximum atomic E-state index is 13.2. The smallest absolute Gasteiger partial charge is 0.325 e. The van der Waals surface area contributed by atoms with Crippen LogP contribution in [0.3, 0.4) is 0 Å². The van der Waals surface area contributed by atoms with E-state index in [9.17, 15) is 105 Å². The van der Waals surface area contributed by atoms with Gasteiger partial charge in [0.25, 0.3) is 0 Å². The normalized spacial score (nSPS) is 10.3. The van der Waals surface area contributed by atoms with Gasteiger partial charge in [-0.3, -0.25) is 105 Å². The molecule has 39 nitrogen and oxygen atoms in total. The number of nitrogens with two attached hydrogens (primary N) is 1. The molecule has 0 atom stereocenters. The van der Waals surface area contributed by atoms with Crippen LogP contribution in [0.2, 0.25) is 0 Å². The van der Waals surface area contributed by atoms with Crippen LogP contribution in [0, 0.1) is 0 Å². The Morgan fingerprint density at radius 3 is 0.615 bits per heavy atom. The molecule has 0 aliphatic heterocycles. The molecule has 0 aliphatic carbocycles. The highest BCUT2D eigenvalue weighted by Crippen LogP contribution is 2.07. The van der Waals surface area contributed by atoms with Crippen molar-refractivity contribution >= 4 is 130 Å². The van der Waals surface area contributed by atoms with Crippen LogP contribution >= 0.6 is 0 Å². The average Bonchev–Trinajstić information content (AvgIpc) is 1.24. The highest BCUT2D eigenvalue weighted by molar-refractivity contribution is 5.98. The third-order valence-corrected chi connectivity index (χ3v) is 12.9. The zero-order chi connectivity index (χ0) is 72.9. The minimum atomic E-state index is -1.00. The number of methoxy groups -OCH3 is 5. The van der Waals surface area contributed by atoms with Crippen LogP contribution in [0.15, 0.2) is 0 Å². The molecule has 0 aromatic rings. The van der Waals surface area contributed by atoms with Crippen LogP contribution in [0.1, 0.15) is 84.0 Å². The van der Waals surface area contributed by atoms with Gasteiger partial charge in [-0.05, 0) is 6.92 Å². The zero-order valence-electron chi connectivity index (χ0n) is 54.3. The van der Waals surface area contributed by atoms with Crippen molar-refractivity contribution in [2.75, 3.05) is 147 Å². The quantitative estimate of drug-likeness (QED) is 0.0220. The summed E-state index contributed by atoms with van der Waals surface area (Å²) in [5.74, 6) is -18.2. The fourth-order valence-corrected chi connectivity index (χ4v) is 7.50. The van der Waals surface area contributed by atoms with Crippen LogP contribution in [-0.4, -0.2) is 301 Å². The summed E-state index contributed by atoms with van der Waals surface area (Å²) in [5, 5.41) is 13.7. The Balaban J connectivity index is 5.38. The molecular formula is C57H84N12O27. The summed E-state index contributed by atoms with van der Waals surface area (Å²) in [6.45, 7) is -9.28. The fourth-order valence-electron chi connectivity index (χ4n) is 7.50. The lowest BCUT2D eigenvalue weighted by molar-refractivity contribution is -0.149. The lowest BCUT2D eigenvalue weighted by Crippen LogP contribution is -2.45. The van der Waals surface area contributed by atoms with Crippen molar-refractivity contribution in [2.24, 2.45) is 5.73 Å². The lowest BCUT2D eigenvalue weighted by Gasteiger charge is -2.22. The van der Waals surface area contributed by atoms with Gasteiger partial charge in [-0.15, -0.1) is 0 Å². The molecule has 0 aromatic carbocycles. The van der Waals surface area contributed by atoms with E-state index < -0.39 is 273 Å². The van der Waals surface area contributed by atoms with Gasteiger partial charge >= 0.3 is 29.8 Å². The Bertz CT molecular complexity index is 2860. The summed E-state index contributed by atoms with van der Waals surface area (Å²) in [6.07, 6.45) is -5.54. The Morgan fingerprint density at radius 1 is 0.250 bits per heavy atom. The number of rotatable bonds is 50. The van der Waals surface area contributed by atoms with Crippen molar-refractivity contribution in [3.05, 3.63) is 0 Å². The summed E-state index contributed by atoms with van der Waals surface area (Å²) in [6, 6.07) is 0. The Labute approximate surface area is 550 Å². The summed E-state index contributed by atoms with van der Waals surface area (Å²) in [7, 11) is 5.00. The highest BCUT2D eigenvalue weighted by Gasteiger charge is 2.28. The van der Waals surface area contributed by atoms with Crippen LogP contribution in [0.4, 0.5) is 0 Å². The Hall–Kier alpha value is -10.5. The number of Topliss-reactive ketones (excluding diaryl/α,β-unsaturated/α-hetero) is 6. The molecule has 0 saturated carbocycles. The summed E-state index contributed by atoms with van der Waals surface area (Å²) in [5.41, 5.74) is 5.25. The van der Waals surface area contributed by atoms with Crippen molar-refractivity contribution in [1.29, 1.82) is 0 Å². The van der Waals surface area contributed by atoms with Crippen molar-refractivity contribution in [3.63, 3.8) is 0 Å². The second-order valence-electron chi connectivity index (χ2n) is 20.4. The van der Waals surface area contributed by atoms with Crippen molar-refractivity contribution in [3.8, 4) is 0 Å². The Kier molecular flexibility index (Phi) is 43.0. The van der Waals surface area contributed by atoms with E-state index in [0.717, 1.165) is 45.3 Å². The molecule has 39 heteroatoms. The second-order valence-corrected chi connectivity index (χ2v) is 20.4. The molecule has 8 N–H and O–H groups in total. The van der Waals surface area contributed by atoms with Gasteiger partial charge in [0, 0.05) is 83.6 Å². The van der Waals surface area contributed by atoms with E-state index in [2.05, 4.69) is 55.6 Å². The first-order valence-corrected chi connectivity index (χ1v) is 29.5. The van der Waals surface area contributed by atoms with Gasteiger partial charge in [0.05, 0.1) is 74.8 Å². The first kappa shape index (κ1) is 85.5. The zero-order valence-corrected chi connectivity index (χ0v) is 54.3. The maximum absolute atomic E-state index is 13.2. The summed E-state index contributed by atoms with van der Waals surface area (Å²) < 4.78 is 22.8. The predicted octanol–water partition coefficient (Wildman–Crippen LogP) is -8.23. The SMILES string of the molecule is CCNC(=O)CCC(=O)CNC(=O)CN(CC(=O)OC)C(=O)CCC(=O)CNC(=O)CN(CC(=O)OC)C(=O)CCC(=O)CNC(=O)CN(CC(=O)OC)C(=O)CCC(=O)CNC(=O)CN(CC(=O)OC)C(=O)CCC(=O)CNC(=O)CN(CC(=O)OC)C(=O)CCC(=O)CN. The molecule has 0 bridgehead atoms. The first-order valence-electron chi connectivity index (χ1n) is 29.5. The van der Waals surface area contributed by atoms with E-state index >= 15 is 0 Å². The van der Waals surface area contributed by atoms with Gasteiger partial charge in [0.1, 0.15) is 71.2 Å². The molecule has 0 rings (SSSR count). The number of carbonyl (C=O) groups excluding carboxylic acids is 22. The van der Waals surface area contributed by atoms with Crippen molar-refractivity contribution < 1.29 is 129 Å². The molecule has 0 saturated heterocycles. The average molecular weight is 1370 g/mol. The largest absolute Gasteiger partial charge is 0.468 e. The number of hydrogen-bond acceptors (Lipinski definition) is 28. The molecule has 0 aliphatic rings. The minimum absolute atomic E-state index is 0.113. The molecule has 0 unspecified atom stereocenters. The van der Waals surface area contributed by atoms with Gasteiger partial charge in [-0.2, -0.15) is 0 Å². The van der Waals surface area contributed by atoms with Crippen molar-refractivity contribution in [2.45, 2.75) is 84.0 Å². The number of nitrogens with zero attached hydrogens (tertiary/aromatic N) is 5. The third-order valence-electron chi connectivity index (χ3n) is 12.9. The number of ketones is 6. The fraction of sp³-hybridized carbons (Fsp3) is 0.614. The summed E-state index contributed by atoms with van der Waals surface area (Å²) in [4.78, 5) is 279. The van der Waals surface area contributed by atoms with Gasteiger partial charge in [-0.1, -0.05) is 0 Å². The monoisotopic (exact) mass is 1370 g/mol. The number of nitrogens with one attached hydrogen (secondary N) is 6. The molecule has 96 heavy (non-hydrogen) atoms. The van der Waals surface area contributed by atoms with Crippen LogP contribution in [-0.2, 0) is 129 Å². The number of hydrogen-bond donors (Lipinski definition) is 7. The molecule has 0 radical (unpaired) electrons. The molecule has 0 fully saturated rings. The van der Waals surface area contributed by atoms with Gasteiger partial charge in [0.2, 0.25) is 65.0 Å².